The maximum absolute atomic E-state index is 6.18. The summed E-state index contributed by atoms with van der Waals surface area (Å²) in [6.45, 7) is 4.44. The lowest BCUT2D eigenvalue weighted by Crippen LogP contribution is -2.51. The number of ether oxygens (including phenoxy) is 2. The standard InChI is InChI=1S/C19H24N6O2/c20-18(24-10-12-25(13-11-24)19-22-7-3-8-23-19)21-9-6-15-14-26-16-4-1-2-5-17(16)27-15/h1-5,7-8,15H,6,9-14H2,(H2,20,21). The van der Waals surface area contributed by atoms with E-state index >= 15 is 0 Å². The Morgan fingerprint density at radius 1 is 1.07 bits per heavy atom. The third kappa shape index (κ3) is 4.21. The van der Waals surface area contributed by atoms with E-state index in [2.05, 4.69) is 24.8 Å². The van der Waals surface area contributed by atoms with Crippen molar-refractivity contribution in [3.63, 3.8) is 0 Å². The first kappa shape index (κ1) is 17.4. The molecule has 1 atom stereocenters. The Kier molecular flexibility index (Phi) is 5.22. The van der Waals surface area contributed by atoms with Crippen molar-refractivity contribution >= 4 is 11.9 Å². The van der Waals surface area contributed by atoms with Crippen LogP contribution in [-0.2, 0) is 0 Å². The topological polar surface area (TPSA) is 89.1 Å². The zero-order valence-electron chi connectivity index (χ0n) is 15.2. The molecule has 1 fully saturated rings. The van der Waals surface area contributed by atoms with Crippen molar-refractivity contribution in [1.29, 1.82) is 0 Å². The van der Waals surface area contributed by atoms with Crippen LogP contribution in [0.4, 0.5) is 5.95 Å². The highest BCUT2D eigenvalue weighted by molar-refractivity contribution is 5.78. The van der Waals surface area contributed by atoms with Crippen molar-refractivity contribution < 1.29 is 9.47 Å². The van der Waals surface area contributed by atoms with Gasteiger partial charge in [0.15, 0.2) is 17.5 Å². The number of hydrogen-bond donors (Lipinski definition) is 1. The van der Waals surface area contributed by atoms with Crippen LogP contribution in [0.2, 0.25) is 0 Å². The van der Waals surface area contributed by atoms with E-state index in [0.29, 0.717) is 19.1 Å². The van der Waals surface area contributed by atoms with E-state index in [9.17, 15) is 0 Å². The molecule has 142 valence electrons. The Morgan fingerprint density at radius 2 is 1.81 bits per heavy atom. The van der Waals surface area contributed by atoms with Gasteiger partial charge >= 0.3 is 0 Å². The van der Waals surface area contributed by atoms with Crippen molar-refractivity contribution in [3.05, 3.63) is 42.7 Å². The van der Waals surface area contributed by atoms with Gasteiger partial charge in [-0.2, -0.15) is 0 Å². The molecule has 2 N–H and O–H groups in total. The minimum absolute atomic E-state index is 0.00327. The molecule has 1 unspecified atom stereocenters. The summed E-state index contributed by atoms with van der Waals surface area (Å²) in [7, 11) is 0. The van der Waals surface area contributed by atoms with Crippen LogP contribution < -0.4 is 20.1 Å². The van der Waals surface area contributed by atoms with E-state index in [1.807, 2.05) is 30.3 Å². The number of piperazine rings is 1. The van der Waals surface area contributed by atoms with E-state index < -0.39 is 0 Å². The molecule has 0 saturated carbocycles. The largest absolute Gasteiger partial charge is 0.486 e. The molecule has 0 bridgehead atoms. The van der Waals surface area contributed by atoms with E-state index in [1.54, 1.807) is 12.4 Å². The number of aliphatic imine (C=N–C) groups is 1. The number of para-hydroxylation sites is 2. The second-order valence-electron chi connectivity index (χ2n) is 6.55. The highest BCUT2D eigenvalue weighted by Gasteiger charge is 2.21. The van der Waals surface area contributed by atoms with Crippen molar-refractivity contribution in [2.24, 2.45) is 10.7 Å². The zero-order valence-corrected chi connectivity index (χ0v) is 15.2. The van der Waals surface area contributed by atoms with Gasteiger partial charge in [0.1, 0.15) is 12.7 Å². The molecule has 2 aliphatic rings. The minimum atomic E-state index is 0.00327. The molecular formula is C19H24N6O2. The van der Waals surface area contributed by atoms with E-state index in [-0.39, 0.29) is 6.10 Å². The van der Waals surface area contributed by atoms with E-state index in [0.717, 1.165) is 50.0 Å². The summed E-state index contributed by atoms with van der Waals surface area (Å²) in [5.41, 5.74) is 6.18. The molecule has 8 nitrogen and oxygen atoms in total. The van der Waals surface area contributed by atoms with Crippen LogP contribution >= 0.6 is 0 Å². The molecule has 0 amide bonds. The van der Waals surface area contributed by atoms with Gasteiger partial charge in [-0.05, 0) is 18.2 Å². The zero-order chi connectivity index (χ0) is 18.5. The van der Waals surface area contributed by atoms with Crippen LogP contribution in [0.1, 0.15) is 6.42 Å². The third-order valence-corrected chi connectivity index (χ3v) is 4.73. The maximum Gasteiger partial charge on any atom is 0.225 e. The first-order valence-electron chi connectivity index (χ1n) is 9.25. The number of hydrogen-bond acceptors (Lipinski definition) is 6. The molecule has 4 rings (SSSR count). The summed E-state index contributed by atoms with van der Waals surface area (Å²) in [6.07, 6.45) is 4.30. The van der Waals surface area contributed by atoms with E-state index in [4.69, 9.17) is 15.2 Å². The maximum atomic E-state index is 6.18. The van der Waals surface area contributed by atoms with Crippen LogP contribution in [0.15, 0.2) is 47.7 Å². The van der Waals surface area contributed by atoms with Gasteiger partial charge in [-0.1, -0.05) is 12.1 Å². The van der Waals surface area contributed by atoms with Crippen LogP contribution in [0, 0.1) is 0 Å². The van der Waals surface area contributed by atoms with E-state index in [1.165, 1.54) is 0 Å². The van der Waals surface area contributed by atoms with Gasteiger partial charge in [-0.15, -0.1) is 0 Å². The lowest BCUT2D eigenvalue weighted by atomic mass is 10.2. The molecule has 1 aromatic carbocycles. The second kappa shape index (κ2) is 8.11. The Bertz CT molecular complexity index is 777. The summed E-state index contributed by atoms with van der Waals surface area (Å²) < 4.78 is 11.7. The van der Waals surface area contributed by atoms with Crippen LogP contribution in [0.3, 0.4) is 0 Å². The van der Waals surface area contributed by atoms with Gasteiger partial charge in [0.05, 0.1) is 0 Å². The number of rotatable bonds is 4. The first-order valence-corrected chi connectivity index (χ1v) is 9.25. The van der Waals surface area contributed by atoms with Gasteiger partial charge in [0, 0.05) is 51.5 Å². The fraction of sp³-hybridized carbons (Fsp3) is 0.421. The lowest BCUT2D eigenvalue weighted by molar-refractivity contribution is 0.0866. The highest BCUT2D eigenvalue weighted by atomic mass is 16.6. The van der Waals surface area contributed by atoms with Crippen LogP contribution in [0.5, 0.6) is 11.5 Å². The predicted octanol–water partition coefficient (Wildman–Crippen LogP) is 1.14. The fourth-order valence-corrected chi connectivity index (χ4v) is 3.22. The summed E-state index contributed by atoms with van der Waals surface area (Å²) >= 11 is 0. The Morgan fingerprint density at radius 3 is 2.59 bits per heavy atom. The smallest absolute Gasteiger partial charge is 0.225 e. The molecule has 2 aromatic rings. The average molecular weight is 368 g/mol. The van der Waals surface area contributed by atoms with Gasteiger partial charge in [-0.3, -0.25) is 4.99 Å². The second-order valence-corrected chi connectivity index (χ2v) is 6.55. The highest BCUT2D eigenvalue weighted by Crippen LogP contribution is 2.31. The Hall–Kier alpha value is -3.03. The first-order chi connectivity index (χ1) is 13.3. The SMILES string of the molecule is NC(=NCCC1COc2ccccc2O1)N1CCN(c2ncccn2)CC1. The van der Waals surface area contributed by atoms with Gasteiger partial charge in [0.2, 0.25) is 5.95 Å². The molecule has 0 radical (unpaired) electrons. The van der Waals surface area contributed by atoms with Gasteiger partial charge in [-0.25, -0.2) is 9.97 Å². The third-order valence-electron chi connectivity index (χ3n) is 4.73. The Balaban J connectivity index is 1.24. The van der Waals surface area contributed by atoms with Gasteiger partial charge in [0.25, 0.3) is 0 Å². The number of aromatic nitrogens is 2. The molecule has 1 saturated heterocycles. The fourth-order valence-electron chi connectivity index (χ4n) is 3.22. The molecule has 2 aliphatic heterocycles. The molecular weight excluding hydrogens is 344 g/mol. The lowest BCUT2D eigenvalue weighted by Gasteiger charge is -2.35. The normalized spacial score (nSPS) is 19.9. The summed E-state index contributed by atoms with van der Waals surface area (Å²) in [6, 6.07) is 9.55. The molecule has 0 spiro atoms. The molecule has 3 heterocycles. The van der Waals surface area contributed by atoms with Crippen molar-refractivity contribution in [2.45, 2.75) is 12.5 Å². The van der Waals surface area contributed by atoms with Crippen LogP contribution in [0.25, 0.3) is 0 Å². The number of fused-ring (bicyclic) bond motifs is 1. The Labute approximate surface area is 158 Å². The molecule has 8 heteroatoms. The summed E-state index contributed by atoms with van der Waals surface area (Å²) in [5.74, 6) is 2.95. The van der Waals surface area contributed by atoms with Crippen molar-refractivity contribution in [2.75, 3.05) is 44.2 Å². The number of nitrogens with two attached hydrogens (primary N) is 1. The summed E-state index contributed by atoms with van der Waals surface area (Å²) in [5, 5.41) is 0. The average Bonchev–Trinajstić information content (AvgIpc) is 2.74. The predicted molar refractivity (Wildman–Crippen MR) is 103 cm³/mol. The van der Waals surface area contributed by atoms with Gasteiger partial charge < -0.3 is 25.0 Å². The van der Waals surface area contributed by atoms with Crippen LogP contribution in [-0.4, -0.2) is 66.3 Å². The summed E-state index contributed by atoms with van der Waals surface area (Å²) in [4.78, 5) is 17.4. The number of guanidine groups is 1. The monoisotopic (exact) mass is 368 g/mol. The quantitative estimate of drug-likeness (QED) is 0.639. The number of benzene rings is 1. The molecule has 1 aromatic heterocycles. The molecule has 27 heavy (non-hydrogen) atoms. The van der Waals surface area contributed by atoms with Crippen molar-refractivity contribution in [1.82, 2.24) is 14.9 Å². The number of nitrogens with zero attached hydrogens (tertiary/aromatic N) is 5. The number of anilines is 1. The van der Waals surface area contributed by atoms with Crippen molar-refractivity contribution in [3.8, 4) is 11.5 Å². The molecule has 0 aliphatic carbocycles. The minimum Gasteiger partial charge on any atom is -0.486 e.